The first-order valence-corrected chi connectivity index (χ1v) is 6.12. The van der Waals surface area contributed by atoms with E-state index in [9.17, 15) is 9.18 Å². The molecule has 1 amide bonds. The summed E-state index contributed by atoms with van der Waals surface area (Å²) in [4.78, 5) is 13.8. The zero-order valence-corrected chi connectivity index (χ0v) is 11.6. The number of carbonyl (C=O) groups is 1. The zero-order chi connectivity index (χ0) is 14.6. The fourth-order valence-electron chi connectivity index (χ4n) is 1.81. The summed E-state index contributed by atoms with van der Waals surface area (Å²) in [5, 5.41) is 10.3. The van der Waals surface area contributed by atoms with E-state index < -0.39 is 0 Å². The highest BCUT2D eigenvalue weighted by Crippen LogP contribution is 2.24. The molecule has 1 aliphatic rings. The molecule has 106 valence electrons. The Hall–Kier alpha value is -1.69. The highest BCUT2D eigenvalue weighted by Gasteiger charge is 2.35. The molecule has 0 bridgehead atoms. The van der Waals surface area contributed by atoms with E-state index in [0.29, 0.717) is 29.7 Å². The largest absolute Gasteiger partial charge is 0.382 e. The molecule has 0 saturated heterocycles. The number of carbonyl (C=O) groups excluding carboxylic acids is 1. The SMILES string of the molecule is CC(C)(C)N1CC(NC/C(=C/F)CN)=C(C=N)C1=O. The molecule has 19 heavy (non-hydrogen) atoms. The molecule has 1 heterocycles. The van der Waals surface area contributed by atoms with Crippen molar-refractivity contribution in [3.8, 4) is 0 Å². The van der Waals surface area contributed by atoms with E-state index in [1.807, 2.05) is 20.8 Å². The molecule has 5 nitrogen and oxygen atoms in total. The summed E-state index contributed by atoms with van der Waals surface area (Å²) >= 11 is 0. The Balaban J connectivity index is 2.84. The van der Waals surface area contributed by atoms with E-state index in [0.717, 1.165) is 6.21 Å². The molecular weight excluding hydrogens is 247 g/mol. The lowest BCUT2D eigenvalue weighted by Crippen LogP contribution is -2.44. The van der Waals surface area contributed by atoms with Crippen molar-refractivity contribution in [1.82, 2.24) is 10.2 Å². The minimum atomic E-state index is -0.318. The van der Waals surface area contributed by atoms with E-state index in [2.05, 4.69) is 5.32 Å². The number of nitrogens with two attached hydrogens (primary N) is 1. The highest BCUT2D eigenvalue weighted by molar-refractivity contribution is 6.14. The van der Waals surface area contributed by atoms with Gasteiger partial charge >= 0.3 is 0 Å². The van der Waals surface area contributed by atoms with E-state index in [4.69, 9.17) is 11.1 Å². The van der Waals surface area contributed by atoms with Crippen LogP contribution in [0.5, 0.6) is 0 Å². The van der Waals surface area contributed by atoms with Gasteiger partial charge in [0.2, 0.25) is 0 Å². The first kappa shape index (κ1) is 15.4. The summed E-state index contributed by atoms with van der Waals surface area (Å²) in [7, 11) is 0. The van der Waals surface area contributed by atoms with Crippen molar-refractivity contribution < 1.29 is 9.18 Å². The Kier molecular flexibility index (Phi) is 4.83. The second kappa shape index (κ2) is 5.97. The van der Waals surface area contributed by atoms with E-state index in [1.165, 1.54) is 0 Å². The molecule has 4 N–H and O–H groups in total. The number of rotatable bonds is 5. The molecule has 0 radical (unpaired) electrons. The van der Waals surface area contributed by atoms with Gasteiger partial charge in [0, 0.05) is 30.5 Å². The second-order valence-corrected chi connectivity index (χ2v) is 5.42. The van der Waals surface area contributed by atoms with Crippen LogP contribution in [0.25, 0.3) is 0 Å². The predicted octanol–water partition coefficient (Wildman–Crippen LogP) is 0.932. The quantitative estimate of drug-likeness (QED) is 0.649. The van der Waals surface area contributed by atoms with Gasteiger partial charge in [0.15, 0.2) is 0 Å². The van der Waals surface area contributed by atoms with Gasteiger partial charge < -0.3 is 21.4 Å². The van der Waals surface area contributed by atoms with Crippen molar-refractivity contribution in [2.45, 2.75) is 26.3 Å². The zero-order valence-electron chi connectivity index (χ0n) is 11.6. The van der Waals surface area contributed by atoms with Gasteiger partial charge in [0.25, 0.3) is 5.91 Å². The van der Waals surface area contributed by atoms with Crippen molar-refractivity contribution in [2.24, 2.45) is 5.73 Å². The lowest BCUT2D eigenvalue weighted by molar-refractivity contribution is -0.129. The Bertz CT molecular complexity index is 434. The predicted molar refractivity (Wildman–Crippen MR) is 73.5 cm³/mol. The molecule has 0 spiro atoms. The molecule has 1 rings (SSSR count). The summed E-state index contributed by atoms with van der Waals surface area (Å²) in [5.74, 6) is -0.177. The molecule has 0 fully saturated rings. The molecule has 0 unspecified atom stereocenters. The molecular formula is C13H21FN4O. The van der Waals surface area contributed by atoms with Gasteiger partial charge in [-0.3, -0.25) is 4.79 Å². The lowest BCUT2D eigenvalue weighted by atomic mass is 10.1. The van der Waals surface area contributed by atoms with E-state index in [-0.39, 0.29) is 24.5 Å². The molecule has 0 aromatic heterocycles. The number of hydrogen-bond donors (Lipinski definition) is 3. The fourth-order valence-corrected chi connectivity index (χ4v) is 1.81. The molecule has 0 saturated carbocycles. The third-order valence-corrected chi connectivity index (χ3v) is 3.02. The minimum absolute atomic E-state index is 0.119. The van der Waals surface area contributed by atoms with Crippen LogP contribution in [-0.4, -0.2) is 42.2 Å². The maximum absolute atomic E-state index is 12.4. The maximum Gasteiger partial charge on any atom is 0.258 e. The third kappa shape index (κ3) is 3.41. The van der Waals surface area contributed by atoms with Gasteiger partial charge in [-0.2, -0.15) is 0 Å². The van der Waals surface area contributed by atoms with Crippen LogP contribution in [0.4, 0.5) is 4.39 Å². The highest BCUT2D eigenvalue weighted by atomic mass is 19.1. The van der Waals surface area contributed by atoms with Crippen molar-refractivity contribution in [3.63, 3.8) is 0 Å². The summed E-state index contributed by atoms with van der Waals surface area (Å²) in [5.41, 5.74) is 6.44. The summed E-state index contributed by atoms with van der Waals surface area (Å²) in [6.45, 7) is 6.56. The van der Waals surface area contributed by atoms with Gasteiger partial charge in [-0.1, -0.05) is 0 Å². The number of nitrogens with one attached hydrogen (secondary N) is 2. The van der Waals surface area contributed by atoms with Crippen molar-refractivity contribution >= 4 is 12.1 Å². The van der Waals surface area contributed by atoms with Gasteiger partial charge in [-0.15, -0.1) is 0 Å². The van der Waals surface area contributed by atoms with Crippen LogP contribution in [-0.2, 0) is 4.79 Å². The van der Waals surface area contributed by atoms with E-state index >= 15 is 0 Å². The average Bonchev–Trinajstić information content (AvgIpc) is 2.67. The van der Waals surface area contributed by atoms with Crippen LogP contribution >= 0.6 is 0 Å². The Labute approximate surface area is 112 Å². The van der Waals surface area contributed by atoms with Gasteiger partial charge in [-0.25, -0.2) is 4.39 Å². The first-order valence-electron chi connectivity index (χ1n) is 6.12. The van der Waals surface area contributed by atoms with Crippen molar-refractivity contribution in [2.75, 3.05) is 19.6 Å². The van der Waals surface area contributed by atoms with Crippen LogP contribution in [0.15, 0.2) is 23.2 Å². The monoisotopic (exact) mass is 268 g/mol. The van der Waals surface area contributed by atoms with E-state index in [1.54, 1.807) is 4.90 Å². The van der Waals surface area contributed by atoms with Crippen LogP contribution in [0.3, 0.4) is 0 Å². The molecule has 0 atom stereocenters. The number of amides is 1. The normalized spacial score (nSPS) is 17.2. The van der Waals surface area contributed by atoms with Gasteiger partial charge in [0.1, 0.15) is 0 Å². The third-order valence-electron chi connectivity index (χ3n) is 3.02. The number of halogens is 1. The maximum atomic E-state index is 12.4. The Morgan fingerprint density at radius 1 is 1.58 bits per heavy atom. The second-order valence-electron chi connectivity index (χ2n) is 5.42. The molecule has 0 aromatic rings. The molecule has 0 aliphatic carbocycles. The van der Waals surface area contributed by atoms with Crippen molar-refractivity contribution in [1.29, 1.82) is 5.41 Å². The number of nitrogens with zero attached hydrogens (tertiary/aromatic N) is 1. The Morgan fingerprint density at radius 3 is 2.63 bits per heavy atom. The van der Waals surface area contributed by atoms with Crippen LogP contribution in [0.2, 0.25) is 0 Å². The summed E-state index contributed by atoms with van der Waals surface area (Å²) < 4.78 is 12.4. The molecule has 6 heteroatoms. The molecule has 1 aliphatic heterocycles. The Morgan fingerprint density at radius 2 is 2.21 bits per heavy atom. The fraction of sp³-hybridized carbons (Fsp3) is 0.538. The van der Waals surface area contributed by atoms with Crippen LogP contribution < -0.4 is 11.1 Å². The summed E-state index contributed by atoms with van der Waals surface area (Å²) in [6.07, 6.45) is 1.51. The standard InChI is InChI=1S/C13H21FN4O/c1-13(2,3)18-8-11(10(6-16)12(18)19)17-7-9(4-14)5-15/h4,6,16-17H,5,7-8,15H2,1-3H3/b9-4+,16-6?. The summed E-state index contributed by atoms with van der Waals surface area (Å²) in [6, 6.07) is 0. The van der Waals surface area contributed by atoms with Gasteiger partial charge in [0.05, 0.1) is 18.4 Å². The van der Waals surface area contributed by atoms with Crippen molar-refractivity contribution in [3.05, 3.63) is 23.2 Å². The molecule has 0 aromatic carbocycles. The minimum Gasteiger partial charge on any atom is -0.382 e. The van der Waals surface area contributed by atoms with Crippen LogP contribution in [0, 0.1) is 5.41 Å². The first-order chi connectivity index (χ1) is 8.85. The number of hydrogen-bond acceptors (Lipinski definition) is 4. The van der Waals surface area contributed by atoms with Gasteiger partial charge in [-0.05, 0) is 26.3 Å². The average molecular weight is 268 g/mol. The topological polar surface area (TPSA) is 82.2 Å². The van der Waals surface area contributed by atoms with Crippen LogP contribution in [0.1, 0.15) is 20.8 Å². The smallest absolute Gasteiger partial charge is 0.258 e. The lowest BCUT2D eigenvalue weighted by Gasteiger charge is -2.32.